The Morgan fingerprint density at radius 2 is 1.80 bits per heavy atom. The van der Waals surface area contributed by atoms with E-state index in [4.69, 9.17) is 4.74 Å². The SMILES string of the molecule is COc1cccc(-n2c(=O)n(C3CCCC3)c(=O)c3c2ncn3Cc2cccc(C(F)(F)F)c2)c1. The number of hydrogen-bond donors (Lipinski definition) is 0. The Hall–Kier alpha value is -3.82. The first kappa shape index (κ1) is 22.9. The average molecular weight is 484 g/mol. The molecule has 2 aromatic heterocycles. The number of methoxy groups -OCH3 is 1. The topological polar surface area (TPSA) is 71.1 Å². The number of benzene rings is 2. The van der Waals surface area contributed by atoms with Crippen LogP contribution in [0.25, 0.3) is 16.9 Å². The molecule has 0 bridgehead atoms. The van der Waals surface area contributed by atoms with Crippen molar-refractivity contribution >= 4 is 11.2 Å². The molecule has 1 aliphatic rings. The zero-order chi connectivity index (χ0) is 24.7. The third-order valence-corrected chi connectivity index (χ3v) is 6.46. The summed E-state index contributed by atoms with van der Waals surface area (Å²) in [5.74, 6) is 0.532. The van der Waals surface area contributed by atoms with Gasteiger partial charge in [0.15, 0.2) is 11.2 Å². The van der Waals surface area contributed by atoms with Crippen LogP contribution >= 0.6 is 0 Å². The predicted molar refractivity (Wildman–Crippen MR) is 124 cm³/mol. The van der Waals surface area contributed by atoms with Crippen LogP contribution < -0.4 is 16.0 Å². The van der Waals surface area contributed by atoms with E-state index in [1.165, 1.54) is 33.2 Å². The van der Waals surface area contributed by atoms with Crippen molar-refractivity contribution in [2.24, 2.45) is 0 Å². The molecular formula is C25H23F3N4O3. The highest BCUT2D eigenvalue weighted by molar-refractivity contribution is 5.72. The molecule has 2 aromatic carbocycles. The van der Waals surface area contributed by atoms with Gasteiger partial charge in [-0.2, -0.15) is 13.2 Å². The fourth-order valence-electron chi connectivity index (χ4n) is 4.78. The van der Waals surface area contributed by atoms with Crippen molar-refractivity contribution in [1.82, 2.24) is 18.7 Å². The Balaban J connectivity index is 1.73. The zero-order valence-electron chi connectivity index (χ0n) is 19.0. The van der Waals surface area contributed by atoms with Gasteiger partial charge in [0.25, 0.3) is 5.56 Å². The zero-order valence-corrected chi connectivity index (χ0v) is 19.0. The van der Waals surface area contributed by atoms with Crippen molar-refractivity contribution < 1.29 is 17.9 Å². The lowest BCUT2D eigenvalue weighted by Crippen LogP contribution is -2.41. The molecule has 0 amide bonds. The van der Waals surface area contributed by atoms with E-state index in [0.29, 0.717) is 29.8 Å². The van der Waals surface area contributed by atoms with E-state index in [2.05, 4.69) is 4.98 Å². The maximum atomic E-state index is 13.6. The highest BCUT2D eigenvalue weighted by atomic mass is 19.4. The molecule has 0 saturated heterocycles. The van der Waals surface area contributed by atoms with Crippen molar-refractivity contribution in [2.45, 2.75) is 44.4 Å². The number of hydrogen-bond acceptors (Lipinski definition) is 4. The minimum absolute atomic E-state index is 0.00333. The van der Waals surface area contributed by atoms with Gasteiger partial charge in [-0.05, 0) is 42.7 Å². The molecule has 1 aliphatic carbocycles. The minimum atomic E-state index is -4.48. The Labute approximate surface area is 198 Å². The quantitative estimate of drug-likeness (QED) is 0.417. The molecule has 7 nitrogen and oxygen atoms in total. The summed E-state index contributed by atoms with van der Waals surface area (Å²) in [6.07, 6.45) is 0.159. The van der Waals surface area contributed by atoms with Gasteiger partial charge in [-0.1, -0.05) is 31.0 Å². The molecule has 4 aromatic rings. The van der Waals surface area contributed by atoms with Crippen LogP contribution in [0.1, 0.15) is 42.9 Å². The van der Waals surface area contributed by atoms with E-state index in [1.807, 2.05) is 0 Å². The second-order valence-electron chi connectivity index (χ2n) is 8.68. The fraction of sp³-hybridized carbons (Fsp3) is 0.320. The Kier molecular flexibility index (Phi) is 5.74. The predicted octanol–water partition coefficient (Wildman–Crippen LogP) is 4.54. The first-order valence-corrected chi connectivity index (χ1v) is 11.3. The fourth-order valence-corrected chi connectivity index (χ4v) is 4.78. The van der Waals surface area contributed by atoms with E-state index in [0.717, 1.165) is 25.0 Å². The van der Waals surface area contributed by atoms with Crippen molar-refractivity contribution in [3.05, 3.63) is 86.8 Å². The van der Waals surface area contributed by atoms with Crippen molar-refractivity contribution in [2.75, 3.05) is 7.11 Å². The first-order valence-electron chi connectivity index (χ1n) is 11.3. The highest BCUT2D eigenvalue weighted by Crippen LogP contribution is 2.30. The van der Waals surface area contributed by atoms with Crippen molar-refractivity contribution in [1.29, 1.82) is 0 Å². The van der Waals surface area contributed by atoms with Crippen LogP contribution in [0, 0.1) is 0 Å². The van der Waals surface area contributed by atoms with Crippen molar-refractivity contribution in [3.63, 3.8) is 0 Å². The number of fused-ring (bicyclic) bond motifs is 1. The third kappa shape index (κ3) is 4.13. The molecule has 0 N–H and O–H groups in total. The van der Waals surface area contributed by atoms with Gasteiger partial charge in [0.2, 0.25) is 0 Å². The van der Waals surface area contributed by atoms with Gasteiger partial charge in [-0.3, -0.25) is 9.36 Å². The summed E-state index contributed by atoms with van der Waals surface area (Å²) in [5, 5.41) is 0. The maximum Gasteiger partial charge on any atom is 0.416 e. The van der Waals surface area contributed by atoms with Gasteiger partial charge < -0.3 is 9.30 Å². The second kappa shape index (κ2) is 8.75. The van der Waals surface area contributed by atoms with Crippen LogP contribution in [-0.4, -0.2) is 25.8 Å². The molecule has 10 heteroatoms. The molecule has 1 fully saturated rings. The number of nitrogens with zero attached hydrogens (tertiary/aromatic N) is 4. The molecule has 5 rings (SSSR count). The number of ether oxygens (including phenoxy) is 1. The third-order valence-electron chi connectivity index (χ3n) is 6.46. The monoisotopic (exact) mass is 484 g/mol. The number of imidazole rings is 1. The summed E-state index contributed by atoms with van der Waals surface area (Å²) in [4.78, 5) is 31.6. The molecule has 0 radical (unpaired) electrons. The molecule has 1 saturated carbocycles. The average Bonchev–Trinajstić information content (AvgIpc) is 3.50. The van der Waals surface area contributed by atoms with E-state index in [-0.39, 0.29) is 23.8 Å². The number of aromatic nitrogens is 4. The van der Waals surface area contributed by atoms with Gasteiger partial charge in [0.1, 0.15) is 5.75 Å². The second-order valence-corrected chi connectivity index (χ2v) is 8.68. The van der Waals surface area contributed by atoms with Crippen LogP contribution in [-0.2, 0) is 12.7 Å². The van der Waals surface area contributed by atoms with Crippen LogP contribution in [0.4, 0.5) is 13.2 Å². The lowest BCUT2D eigenvalue weighted by molar-refractivity contribution is -0.137. The summed E-state index contributed by atoms with van der Waals surface area (Å²) < 4.78 is 49.1. The molecule has 2 heterocycles. The Morgan fingerprint density at radius 1 is 1.06 bits per heavy atom. The molecule has 0 unspecified atom stereocenters. The lowest BCUT2D eigenvalue weighted by Gasteiger charge is -2.17. The van der Waals surface area contributed by atoms with Gasteiger partial charge in [-0.25, -0.2) is 14.3 Å². The minimum Gasteiger partial charge on any atom is -0.497 e. The Morgan fingerprint density at radius 3 is 2.51 bits per heavy atom. The number of halogens is 3. The molecule has 0 aliphatic heterocycles. The molecule has 0 spiro atoms. The number of alkyl halides is 3. The largest absolute Gasteiger partial charge is 0.497 e. The molecular weight excluding hydrogens is 461 g/mol. The van der Waals surface area contributed by atoms with Gasteiger partial charge in [0.05, 0.1) is 24.7 Å². The smallest absolute Gasteiger partial charge is 0.416 e. The summed E-state index contributed by atoms with van der Waals surface area (Å²) in [6, 6.07) is 11.6. The maximum absolute atomic E-state index is 13.6. The van der Waals surface area contributed by atoms with E-state index in [1.54, 1.807) is 30.3 Å². The first-order chi connectivity index (χ1) is 16.8. The molecule has 35 heavy (non-hydrogen) atoms. The van der Waals surface area contributed by atoms with Gasteiger partial charge in [0, 0.05) is 18.7 Å². The summed E-state index contributed by atoms with van der Waals surface area (Å²) in [6.45, 7) is -0.00333. The van der Waals surface area contributed by atoms with Gasteiger partial charge >= 0.3 is 11.9 Å². The van der Waals surface area contributed by atoms with Gasteiger partial charge in [-0.15, -0.1) is 0 Å². The van der Waals surface area contributed by atoms with Crippen molar-refractivity contribution in [3.8, 4) is 11.4 Å². The standard InChI is InChI=1S/C25H23F3N4O3/c1-35-20-11-5-10-19(13-20)31-22-21(23(33)32(24(31)34)18-8-2-3-9-18)30(15-29-22)14-16-6-4-7-17(12-16)25(26,27)28/h4-7,10-13,15,18H,2-3,8-9,14H2,1H3. The Bertz CT molecular complexity index is 1510. The highest BCUT2D eigenvalue weighted by Gasteiger charge is 2.30. The summed E-state index contributed by atoms with van der Waals surface area (Å²) >= 11 is 0. The van der Waals surface area contributed by atoms with E-state index >= 15 is 0 Å². The van der Waals surface area contributed by atoms with E-state index in [9.17, 15) is 22.8 Å². The van der Waals surface area contributed by atoms with Crippen LogP contribution in [0.5, 0.6) is 5.75 Å². The molecule has 0 atom stereocenters. The lowest BCUT2D eigenvalue weighted by atomic mass is 10.1. The van der Waals surface area contributed by atoms with Crippen LogP contribution in [0.15, 0.2) is 64.4 Å². The molecule has 182 valence electrons. The van der Waals surface area contributed by atoms with Crippen LogP contribution in [0.2, 0.25) is 0 Å². The van der Waals surface area contributed by atoms with E-state index < -0.39 is 23.0 Å². The summed E-state index contributed by atoms with van der Waals surface area (Å²) in [7, 11) is 1.51. The number of rotatable bonds is 5. The summed E-state index contributed by atoms with van der Waals surface area (Å²) in [5.41, 5.74) is -0.588. The normalized spacial score (nSPS) is 14.6. The van der Waals surface area contributed by atoms with Crippen LogP contribution in [0.3, 0.4) is 0 Å².